The fraction of sp³-hybridized carbons (Fsp3) is 0.167. The summed E-state index contributed by atoms with van der Waals surface area (Å²) in [5.41, 5.74) is -0.945. The summed E-state index contributed by atoms with van der Waals surface area (Å²) < 4.78 is 28.2. The lowest BCUT2D eigenvalue weighted by Gasteiger charge is -2.08. The van der Waals surface area contributed by atoms with Gasteiger partial charge < -0.3 is 5.32 Å². The van der Waals surface area contributed by atoms with E-state index in [9.17, 15) is 18.9 Å². The quantitative estimate of drug-likeness (QED) is 0.635. The van der Waals surface area contributed by atoms with Gasteiger partial charge in [0.05, 0.1) is 20.8 Å². The number of nitrogens with zero attached hydrogens (tertiary/aromatic N) is 1. The van der Waals surface area contributed by atoms with Crippen LogP contribution in [-0.2, 0) is 6.42 Å². The van der Waals surface area contributed by atoms with E-state index in [2.05, 4.69) is 21.2 Å². The van der Waals surface area contributed by atoms with E-state index in [1.165, 1.54) is 11.3 Å². The van der Waals surface area contributed by atoms with Crippen LogP contribution >= 0.6 is 27.3 Å². The highest BCUT2D eigenvalue weighted by Crippen LogP contribution is 2.26. The number of anilines is 1. The number of benzene rings is 1. The Morgan fingerprint density at radius 1 is 1.30 bits per heavy atom. The molecular formula is C12H9BrF2N2O2S. The maximum absolute atomic E-state index is 13.6. The average molecular weight is 363 g/mol. The number of nitrogens with one attached hydrogen (secondary N) is 1. The lowest BCUT2D eigenvalue weighted by atomic mass is 10.2. The first kappa shape index (κ1) is 14.9. The number of hydrogen-bond donors (Lipinski definition) is 1. The third-order valence-electron chi connectivity index (χ3n) is 2.54. The first-order valence-electron chi connectivity index (χ1n) is 5.59. The third kappa shape index (κ3) is 3.51. The van der Waals surface area contributed by atoms with Crippen LogP contribution in [-0.4, -0.2) is 11.5 Å². The van der Waals surface area contributed by atoms with Gasteiger partial charge in [0.2, 0.25) is 0 Å². The molecule has 1 heterocycles. The Morgan fingerprint density at radius 2 is 1.95 bits per heavy atom. The van der Waals surface area contributed by atoms with Crippen molar-refractivity contribution in [3.8, 4) is 0 Å². The molecule has 2 aromatic rings. The molecule has 0 unspecified atom stereocenters. The van der Waals surface area contributed by atoms with Crippen LogP contribution in [0, 0.1) is 21.7 Å². The van der Waals surface area contributed by atoms with Crippen LogP contribution in [0.4, 0.5) is 20.2 Å². The molecule has 0 radical (unpaired) electrons. The Hall–Kier alpha value is -1.54. The van der Waals surface area contributed by atoms with Crippen molar-refractivity contribution in [2.45, 2.75) is 6.42 Å². The Bertz CT molecular complexity index is 625. The van der Waals surface area contributed by atoms with Gasteiger partial charge in [-0.2, -0.15) is 0 Å². The number of nitro benzene ring substituents is 1. The average Bonchev–Trinajstić information content (AvgIpc) is 2.78. The van der Waals surface area contributed by atoms with Crippen molar-refractivity contribution < 1.29 is 13.7 Å². The first-order chi connectivity index (χ1) is 9.47. The van der Waals surface area contributed by atoms with Crippen LogP contribution in [0.3, 0.4) is 0 Å². The van der Waals surface area contributed by atoms with Crippen molar-refractivity contribution in [1.29, 1.82) is 0 Å². The number of non-ortho nitro benzene ring substituents is 1. The maximum Gasteiger partial charge on any atom is 0.275 e. The Kier molecular flexibility index (Phi) is 4.66. The Balaban J connectivity index is 2.04. The van der Waals surface area contributed by atoms with E-state index >= 15 is 0 Å². The summed E-state index contributed by atoms with van der Waals surface area (Å²) in [4.78, 5) is 10.7. The molecule has 0 fully saturated rings. The molecule has 2 rings (SSSR count). The van der Waals surface area contributed by atoms with Crippen molar-refractivity contribution in [2.75, 3.05) is 11.9 Å². The van der Waals surface area contributed by atoms with Gasteiger partial charge in [-0.1, -0.05) is 0 Å². The van der Waals surface area contributed by atoms with E-state index in [0.717, 1.165) is 8.66 Å². The zero-order valence-electron chi connectivity index (χ0n) is 10.0. The predicted octanol–water partition coefficient (Wildman–Crippen LogP) is 4.35. The summed E-state index contributed by atoms with van der Waals surface area (Å²) in [7, 11) is 0. The van der Waals surface area contributed by atoms with E-state index in [0.29, 0.717) is 25.1 Å². The van der Waals surface area contributed by atoms with Crippen LogP contribution in [0.2, 0.25) is 0 Å². The number of nitro groups is 1. The highest BCUT2D eigenvalue weighted by molar-refractivity contribution is 9.11. The monoisotopic (exact) mass is 362 g/mol. The molecule has 0 amide bonds. The predicted molar refractivity (Wildman–Crippen MR) is 77.2 cm³/mol. The fourth-order valence-electron chi connectivity index (χ4n) is 1.63. The molecule has 0 aliphatic heterocycles. The minimum Gasteiger partial charge on any atom is -0.380 e. The molecule has 1 aromatic heterocycles. The first-order valence-corrected chi connectivity index (χ1v) is 7.20. The fourth-order valence-corrected chi connectivity index (χ4v) is 3.11. The van der Waals surface area contributed by atoms with Crippen molar-refractivity contribution in [3.05, 3.63) is 54.7 Å². The molecule has 0 spiro atoms. The highest BCUT2D eigenvalue weighted by Gasteiger charge is 2.16. The van der Waals surface area contributed by atoms with E-state index in [1.807, 2.05) is 12.1 Å². The van der Waals surface area contributed by atoms with Gasteiger partial charge in [0.25, 0.3) is 5.69 Å². The molecule has 106 valence electrons. The number of thiophene rings is 1. The summed E-state index contributed by atoms with van der Waals surface area (Å²) >= 11 is 4.87. The molecular weight excluding hydrogens is 354 g/mol. The second kappa shape index (κ2) is 6.27. The molecule has 20 heavy (non-hydrogen) atoms. The summed E-state index contributed by atoms with van der Waals surface area (Å²) in [6.07, 6.45) is 0.603. The minimum absolute atomic E-state index is 0.332. The standard InChI is InChI=1S/C12H9BrF2N2O2S/c13-11-2-1-8(20-11)3-4-16-12-9(14)5-7(17(18)19)6-10(12)15/h1-2,5-6,16H,3-4H2. The van der Waals surface area contributed by atoms with Crippen LogP contribution in [0.1, 0.15) is 4.88 Å². The molecule has 1 N–H and O–H groups in total. The van der Waals surface area contributed by atoms with Crippen molar-refractivity contribution in [1.82, 2.24) is 0 Å². The summed E-state index contributed by atoms with van der Waals surface area (Å²) in [6, 6.07) is 5.21. The lowest BCUT2D eigenvalue weighted by molar-refractivity contribution is -0.385. The van der Waals surface area contributed by atoms with Crippen molar-refractivity contribution in [2.24, 2.45) is 0 Å². The topological polar surface area (TPSA) is 55.2 Å². The highest BCUT2D eigenvalue weighted by atomic mass is 79.9. The van der Waals surface area contributed by atoms with Crippen LogP contribution in [0.15, 0.2) is 28.1 Å². The van der Waals surface area contributed by atoms with E-state index in [1.54, 1.807) is 0 Å². The summed E-state index contributed by atoms with van der Waals surface area (Å²) in [5, 5.41) is 13.1. The molecule has 0 atom stereocenters. The largest absolute Gasteiger partial charge is 0.380 e. The molecule has 0 saturated carbocycles. The zero-order chi connectivity index (χ0) is 14.7. The molecule has 0 bridgehead atoms. The van der Waals surface area contributed by atoms with E-state index in [-0.39, 0.29) is 5.69 Å². The Morgan fingerprint density at radius 3 is 2.45 bits per heavy atom. The van der Waals surface area contributed by atoms with Crippen LogP contribution in [0.5, 0.6) is 0 Å². The van der Waals surface area contributed by atoms with Gasteiger partial charge in [-0.05, 0) is 34.5 Å². The van der Waals surface area contributed by atoms with Gasteiger partial charge in [0.1, 0.15) is 5.69 Å². The third-order valence-corrected chi connectivity index (χ3v) is 4.22. The summed E-state index contributed by atoms with van der Waals surface area (Å²) in [6.45, 7) is 0.332. The van der Waals surface area contributed by atoms with E-state index in [4.69, 9.17) is 0 Å². The SMILES string of the molecule is O=[N+]([O-])c1cc(F)c(NCCc2ccc(Br)s2)c(F)c1. The van der Waals surface area contributed by atoms with Crippen LogP contribution in [0.25, 0.3) is 0 Å². The van der Waals surface area contributed by atoms with Gasteiger partial charge >= 0.3 is 0 Å². The number of halogens is 3. The molecule has 0 aliphatic rings. The normalized spacial score (nSPS) is 10.6. The number of hydrogen-bond acceptors (Lipinski definition) is 4. The van der Waals surface area contributed by atoms with Gasteiger partial charge in [-0.3, -0.25) is 10.1 Å². The minimum atomic E-state index is -0.968. The molecule has 8 heteroatoms. The van der Waals surface area contributed by atoms with E-state index < -0.39 is 22.2 Å². The second-order valence-corrected chi connectivity index (χ2v) is 6.47. The smallest absolute Gasteiger partial charge is 0.275 e. The van der Waals surface area contributed by atoms with Gasteiger partial charge in [0.15, 0.2) is 11.6 Å². The van der Waals surface area contributed by atoms with Gasteiger partial charge in [-0.15, -0.1) is 11.3 Å². The molecule has 0 saturated heterocycles. The maximum atomic E-state index is 13.6. The summed E-state index contributed by atoms with van der Waals surface area (Å²) in [5.74, 6) is -1.94. The molecule has 1 aromatic carbocycles. The van der Waals surface area contributed by atoms with Crippen molar-refractivity contribution in [3.63, 3.8) is 0 Å². The van der Waals surface area contributed by atoms with Gasteiger partial charge in [-0.25, -0.2) is 8.78 Å². The lowest BCUT2D eigenvalue weighted by Crippen LogP contribution is -2.08. The zero-order valence-corrected chi connectivity index (χ0v) is 12.4. The van der Waals surface area contributed by atoms with Crippen LogP contribution < -0.4 is 5.32 Å². The molecule has 0 aliphatic carbocycles. The van der Waals surface area contributed by atoms with Crippen molar-refractivity contribution >= 4 is 38.6 Å². The second-order valence-electron chi connectivity index (χ2n) is 3.92. The van der Waals surface area contributed by atoms with Gasteiger partial charge in [0, 0.05) is 11.4 Å². The number of rotatable bonds is 5. The Labute approximate surface area is 125 Å². The molecule has 4 nitrogen and oxygen atoms in total.